The molecule has 0 bridgehead atoms. The van der Waals surface area contributed by atoms with Crippen molar-refractivity contribution in [2.75, 3.05) is 18.9 Å². The van der Waals surface area contributed by atoms with Crippen molar-refractivity contribution in [1.82, 2.24) is 0 Å². The van der Waals surface area contributed by atoms with E-state index in [0.29, 0.717) is 10.9 Å². The third-order valence-electron chi connectivity index (χ3n) is 1.88. The van der Waals surface area contributed by atoms with Gasteiger partial charge < -0.3 is 10.5 Å². The van der Waals surface area contributed by atoms with Crippen molar-refractivity contribution < 1.29 is 9.13 Å². The van der Waals surface area contributed by atoms with E-state index in [2.05, 4.69) is 0 Å². The van der Waals surface area contributed by atoms with Gasteiger partial charge in [-0.15, -0.1) is 11.8 Å². The van der Waals surface area contributed by atoms with Crippen LogP contribution in [0.3, 0.4) is 0 Å². The molecule has 2 N–H and O–H groups in total. The second-order valence-corrected chi connectivity index (χ2v) is 4.30. The fourth-order valence-corrected chi connectivity index (χ4v) is 2.14. The molecule has 2 rings (SSSR count). The first-order chi connectivity index (χ1) is 6.25. The van der Waals surface area contributed by atoms with Crippen LogP contribution in [-0.2, 0) is 4.74 Å². The van der Waals surface area contributed by atoms with Crippen molar-refractivity contribution in [3.8, 4) is 0 Å². The molecule has 2 nitrogen and oxygen atoms in total. The Morgan fingerprint density at radius 3 is 2.85 bits per heavy atom. The van der Waals surface area contributed by atoms with Crippen molar-refractivity contribution >= 4 is 17.4 Å². The number of rotatable bonds is 2. The minimum atomic E-state index is -0.239. The van der Waals surface area contributed by atoms with Crippen molar-refractivity contribution in [2.24, 2.45) is 0 Å². The average Bonchev–Trinajstić information content (AvgIpc) is 2.03. The van der Waals surface area contributed by atoms with E-state index < -0.39 is 0 Å². The number of nitrogens with two attached hydrogens (primary N) is 1. The van der Waals surface area contributed by atoms with Crippen LogP contribution in [0.1, 0.15) is 0 Å². The molecule has 0 radical (unpaired) electrons. The first kappa shape index (κ1) is 8.84. The minimum Gasteiger partial charge on any atom is -0.398 e. The van der Waals surface area contributed by atoms with Crippen LogP contribution in [0.15, 0.2) is 23.1 Å². The van der Waals surface area contributed by atoms with Gasteiger partial charge in [-0.2, -0.15) is 0 Å². The van der Waals surface area contributed by atoms with E-state index in [9.17, 15) is 4.39 Å². The number of halogens is 1. The Kier molecular flexibility index (Phi) is 2.42. The zero-order valence-electron chi connectivity index (χ0n) is 7.00. The summed E-state index contributed by atoms with van der Waals surface area (Å²) in [7, 11) is 0. The lowest BCUT2D eigenvalue weighted by Gasteiger charge is -2.25. The lowest BCUT2D eigenvalue weighted by Crippen LogP contribution is -2.30. The molecule has 1 aliphatic rings. The molecule has 1 fully saturated rings. The topological polar surface area (TPSA) is 35.2 Å². The molecule has 13 heavy (non-hydrogen) atoms. The number of hydrogen-bond donors (Lipinski definition) is 1. The highest BCUT2D eigenvalue weighted by Gasteiger charge is 2.20. The van der Waals surface area contributed by atoms with Gasteiger partial charge in [-0.25, -0.2) is 4.39 Å². The van der Waals surface area contributed by atoms with Gasteiger partial charge in [0.05, 0.1) is 18.5 Å². The predicted molar refractivity (Wildman–Crippen MR) is 51.3 cm³/mol. The maximum Gasteiger partial charge on any atom is 0.124 e. The van der Waals surface area contributed by atoms with Gasteiger partial charge in [0.2, 0.25) is 0 Å². The normalized spacial score (nSPS) is 17.0. The van der Waals surface area contributed by atoms with Crippen LogP contribution in [0.25, 0.3) is 0 Å². The van der Waals surface area contributed by atoms with Crippen LogP contribution in [0.2, 0.25) is 0 Å². The van der Waals surface area contributed by atoms with Crippen molar-refractivity contribution in [3.05, 3.63) is 24.0 Å². The van der Waals surface area contributed by atoms with Crippen molar-refractivity contribution in [3.63, 3.8) is 0 Å². The van der Waals surface area contributed by atoms with Gasteiger partial charge in [0, 0.05) is 10.6 Å². The second-order valence-electron chi connectivity index (χ2n) is 2.96. The second kappa shape index (κ2) is 3.55. The fourth-order valence-electron chi connectivity index (χ4n) is 1.07. The van der Waals surface area contributed by atoms with Crippen LogP contribution in [0, 0.1) is 5.82 Å². The van der Waals surface area contributed by atoms with Crippen molar-refractivity contribution in [1.29, 1.82) is 0 Å². The third-order valence-corrected chi connectivity index (χ3v) is 3.09. The molecule has 1 saturated heterocycles. The summed E-state index contributed by atoms with van der Waals surface area (Å²) >= 11 is 1.58. The Bertz CT molecular complexity index is 314. The van der Waals surface area contributed by atoms with E-state index in [1.54, 1.807) is 17.8 Å². The SMILES string of the molecule is Nc1ccc(F)cc1SC1COC1. The van der Waals surface area contributed by atoms with E-state index in [4.69, 9.17) is 10.5 Å². The number of anilines is 1. The van der Waals surface area contributed by atoms with Crippen LogP contribution < -0.4 is 5.73 Å². The van der Waals surface area contributed by atoms with Crippen LogP contribution in [0.5, 0.6) is 0 Å². The largest absolute Gasteiger partial charge is 0.398 e. The summed E-state index contributed by atoms with van der Waals surface area (Å²) < 4.78 is 17.8. The summed E-state index contributed by atoms with van der Waals surface area (Å²) in [5.41, 5.74) is 6.33. The Morgan fingerprint density at radius 2 is 2.23 bits per heavy atom. The minimum absolute atomic E-state index is 0.239. The quantitative estimate of drug-likeness (QED) is 0.739. The zero-order valence-corrected chi connectivity index (χ0v) is 7.81. The summed E-state index contributed by atoms with van der Waals surface area (Å²) in [5, 5.41) is 0.434. The molecular formula is C9H10FNOS. The van der Waals surface area contributed by atoms with Gasteiger partial charge >= 0.3 is 0 Å². The zero-order chi connectivity index (χ0) is 9.26. The monoisotopic (exact) mass is 199 g/mol. The summed E-state index contributed by atoms with van der Waals surface area (Å²) in [4.78, 5) is 0.813. The molecule has 0 amide bonds. The molecule has 1 aromatic rings. The average molecular weight is 199 g/mol. The Balaban J connectivity index is 2.13. The van der Waals surface area contributed by atoms with E-state index in [1.807, 2.05) is 0 Å². The lowest BCUT2D eigenvalue weighted by molar-refractivity contribution is 0.0455. The molecule has 0 unspecified atom stereocenters. The fraction of sp³-hybridized carbons (Fsp3) is 0.333. The molecule has 0 saturated carbocycles. The van der Waals surface area contributed by atoms with Gasteiger partial charge in [0.1, 0.15) is 5.82 Å². The van der Waals surface area contributed by atoms with Gasteiger partial charge in [-0.3, -0.25) is 0 Å². The Hall–Kier alpha value is -0.740. The Morgan fingerprint density at radius 1 is 1.46 bits per heavy atom. The highest BCUT2D eigenvalue weighted by atomic mass is 32.2. The summed E-state index contributed by atoms with van der Waals surface area (Å²) in [6.45, 7) is 1.47. The molecule has 0 aliphatic carbocycles. The third kappa shape index (κ3) is 1.95. The highest BCUT2D eigenvalue weighted by Crippen LogP contribution is 2.32. The Labute approximate surface area is 80.3 Å². The molecule has 1 aliphatic heterocycles. The van der Waals surface area contributed by atoms with E-state index >= 15 is 0 Å². The van der Waals surface area contributed by atoms with Gasteiger partial charge in [0.15, 0.2) is 0 Å². The van der Waals surface area contributed by atoms with Crippen LogP contribution >= 0.6 is 11.8 Å². The van der Waals surface area contributed by atoms with Gasteiger partial charge in [0.25, 0.3) is 0 Å². The maximum absolute atomic E-state index is 12.8. The highest BCUT2D eigenvalue weighted by molar-refractivity contribution is 8.00. The van der Waals surface area contributed by atoms with E-state index in [-0.39, 0.29) is 5.82 Å². The van der Waals surface area contributed by atoms with Gasteiger partial charge in [-0.05, 0) is 18.2 Å². The molecule has 0 atom stereocenters. The smallest absolute Gasteiger partial charge is 0.124 e. The molecular weight excluding hydrogens is 189 g/mol. The number of nitrogen functional groups attached to an aromatic ring is 1. The summed E-state index contributed by atoms with van der Waals surface area (Å²) in [6, 6.07) is 4.44. The molecule has 0 spiro atoms. The number of thioether (sulfide) groups is 1. The predicted octanol–water partition coefficient (Wildman–Crippen LogP) is 1.90. The molecule has 1 heterocycles. The molecule has 70 valence electrons. The molecule has 4 heteroatoms. The first-order valence-corrected chi connectivity index (χ1v) is 4.93. The van der Waals surface area contributed by atoms with Crippen LogP contribution in [-0.4, -0.2) is 18.5 Å². The van der Waals surface area contributed by atoms with E-state index in [0.717, 1.165) is 18.1 Å². The number of benzene rings is 1. The number of ether oxygens (including phenoxy) is 1. The summed E-state index contributed by atoms with van der Waals surface area (Å²) in [6.07, 6.45) is 0. The standard InChI is InChI=1S/C9H10FNOS/c10-6-1-2-8(11)9(3-6)13-7-4-12-5-7/h1-3,7H,4-5,11H2. The summed E-state index contributed by atoms with van der Waals surface area (Å²) in [5.74, 6) is -0.239. The van der Waals surface area contributed by atoms with Crippen molar-refractivity contribution in [2.45, 2.75) is 10.1 Å². The van der Waals surface area contributed by atoms with Crippen LogP contribution in [0.4, 0.5) is 10.1 Å². The number of hydrogen-bond acceptors (Lipinski definition) is 3. The molecule has 0 aromatic heterocycles. The lowest BCUT2D eigenvalue weighted by atomic mass is 10.3. The molecule has 1 aromatic carbocycles. The van der Waals surface area contributed by atoms with Gasteiger partial charge in [-0.1, -0.05) is 0 Å². The maximum atomic E-state index is 12.8. The van der Waals surface area contributed by atoms with E-state index in [1.165, 1.54) is 12.1 Å². The first-order valence-electron chi connectivity index (χ1n) is 4.05.